The quantitative estimate of drug-likeness (QED) is 0.599. The summed E-state index contributed by atoms with van der Waals surface area (Å²) in [5, 5.41) is 0. The summed E-state index contributed by atoms with van der Waals surface area (Å²) in [6.45, 7) is 2.58. The van der Waals surface area contributed by atoms with Crippen LogP contribution >= 0.6 is 0 Å². The summed E-state index contributed by atoms with van der Waals surface area (Å²) >= 11 is 0. The SMILES string of the molecule is C1CCC(OCC[C@@H]2CO2)OC1. The highest BCUT2D eigenvalue weighted by Gasteiger charge is 2.22. The summed E-state index contributed by atoms with van der Waals surface area (Å²) in [6.07, 6.45) is 5.06. The average molecular weight is 172 g/mol. The third-order valence-electron chi connectivity index (χ3n) is 2.28. The number of hydrogen-bond donors (Lipinski definition) is 0. The second-order valence-corrected chi connectivity index (χ2v) is 3.41. The Balaban J connectivity index is 1.52. The van der Waals surface area contributed by atoms with Gasteiger partial charge in [0.05, 0.1) is 19.3 Å². The number of rotatable bonds is 4. The van der Waals surface area contributed by atoms with Gasteiger partial charge in [-0.1, -0.05) is 0 Å². The van der Waals surface area contributed by atoms with E-state index in [1.807, 2.05) is 0 Å². The van der Waals surface area contributed by atoms with Crippen molar-refractivity contribution in [1.82, 2.24) is 0 Å². The summed E-state index contributed by atoms with van der Waals surface area (Å²) in [7, 11) is 0. The molecule has 0 bridgehead atoms. The van der Waals surface area contributed by atoms with Gasteiger partial charge in [-0.25, -0.2) is 0 Å². The molecular weight excluding hydrogens is 156 g/mol. The highest BCUT2D eigenvalue weighted by Crippen LogP contribution is 2.17. The smallest absolute Gasteiger partial charge is 0.157 e. The van der Waals surface area contributed by atoms with Gasteiger partial charge in [-0.15, -0.1) is 0 Å². The minimum absolute atomic E-state index is 0.0671. The molecule has 0 saturated carbocycles. The zero-order valence-corrected chi connectivity index (χ0v) is 7.33. The van der Waals surface area contributed by atoms with Crippen LogP contribution in [0.1, 0.15) is 25.7 Å². The van der Waals surface area contributed by atoms with Crippen LogP contribution in [0.2, 0.25) is 0 Å². The molecule has 1 unspecified atom stereocenters. The lowest BCUT2D eigenvalue weighted by atomic mass is 10.2. The van der Waals surface area contributed by atoms with Crippen LogP contribution in [0.4, 0.5) is 0 Å². The Labute approximate surface area is 73.0 Å². The Morgan fingerprint density at radius 2 is 2.17 bits per heavy atom. The molecule has 2 heterocycles. The summed E-state index contributed by atoms with van der Waals surface area (Å²) < 4.78 is 16.0. The van der Waals surface area contributed by atoms with E-state index in [0.717, 1.165) is 32.7 Å². The fraction of sp³-hybridized carbons (Fsp3) is 1.00. The molecule has 2 saturated heterocycles. The normalized spacial score (nSPS) is 35.0. The minimum atomic E-state index is 0.0671. The zero-order valence-electron chi connectivity index (χ0n) is 7.33. The van der Waals surface area contributed by atoms with Gasteiger partial charge in [0.25, 0.3) is 0 Å². The van der Waals surface area contributed by atoms with Gasteiger partial charge in [-0.3, -0.25) is 0 Å². The van der Waals surface area contributed by atoms with E-state index in [4.69, 9.17) is 14.2 Å². The van der Waals surface area contributed by atoms with Crippen molar-refractivity contribution >= 4 is 0 Å². The topological polar surface area (TPSA) is 31.0 Å². The third-order valence-corrected chi connectivity index (χ3v) is 2.28. The van der Waals surface area contributed by atoms with Crippen molar-refractivity contribution < 1.29 is 14.2 Å². The maximum atomic E-state index is 5.53. The molecule has 3 nitrogen and oxygen atoms in total. The molecule has 3 heteroatoms. The first-order valence-electron chi connectivity index (χ1n) is 4.80. The maximum absolute atomic E-state index is 5.53. The van der Waals surface area contributed by atoms with Crippen molar-refractivity contribution in [1.29, 1.82) is 0 Å². The first-order chi connectivity index (χ1) is 5.95. The summed E-state index contributed by atoms with van der Waals surface area (Å²) in [4.78, 5) is 0. The Morgan fingerprint density at radius 3 is 2.83 bits per heavy atom. The van der Waals surface area contributed by atoms with E-state index in [2.05, 4.69) is 0 Å². The lowest BCUT2D eigenvalue weighted by Gasteiger charge is -2.22. The van der Waals surface area contributed by atoms with E-state index in [1.165, 1.54) is 12.8 Å². The van der Waals surface area contributed by atoms with Crippen molar-refractivity contribution in [2.75, 3.05) is 19.8 Å². The maximum Gasteiger partial charge on any atom is 0.157 e. The molecule has 0 radical (unpaired) electrons. The molecule has 2 aliphatic heterocycles. The molecule has 2 fully saturated rings. The lowest BCUT2D eigenvalue weighted by molar-refractivity contribution is -0.163. The van der Waals surface area contributed by atoms with Crippen LogP contribution in [0.15, 0.2) is 0 Å². The van der Waals surface area contributed by atoms with E-state index in [-0.39, 0.29) is 6.29 Å². The molecule has 0 aromatic carbocycles. The Hall–Kier alpha value is -0.120. The zero-order chi connectivity index (χ0) is 8.23. The van der Waals surface area contributed by atoms with Crippen molar-refractivity contribution in [3.63, 3.8) is 0 Å². The van der Waals surface area contributed by atoms with E-state index in [9.17, 15) is 0 Å². The van der Waals surface area contributed by atoms with Gasteiger partial charge in [0.15, 0.2) is 6.29 Å². The van der Waals surface area contributed by atoms with Gasteiger partial charge in [-0.2, -0.15) is 0 Å². The second kappa shape index (κ2) is 4.21. The Morgan fingerprint density at radius 1 is 1.25 bits per heavy atom. The molecular formula is C9H16O3. The van der Waals surface area contributed by atoms with Gasteiger partial charge in [0.2, 0.25) is 0 Å². The van der Waals surface area contributed by atoms with Crippen LogP contribution in [0.5, 0.6) is 0 Å². The number of hydrogen-bond acceptors (Lipinski definition) is 3. The van der Waals surface area contributed by atoms with Crippen LogP contribution in [-0.2, 0) is 14.2 Å². The van der Waals surface area contributed by atoms with E-state index in [0.29, 0.717) is 6.10 Å². The first kappa shape index (κ1) is 8.48. The van der Waals surface area contributed by atoms with Crippen molar-refractivity contribution in [3.05, 3.63) is 0 Å². The largest absolute Gasteiger partial charge is 0.373 e. The summed E-state index contributed by atoms with van der Waals surface area (Å²) in [5.41, 5.74) is 0. The minimum Gasteiger partial charge on any atom is -0.373 e. The molecule has 0 spiro atoms. The van der Waals surface area contributed by atoms with Crippen molar-refractivity contribution in [2.45, 2.75) is 38.1 Å². The first-order valence-corrected chi connectivity index (χ1v) is 4.80. The van der Waals surface area contributed by atoms with Crippen LogP contribution in [0, 0.1) is 0 Å². The Bertz CT molecular complexity index is 128. The molecule has 70 valence electrons. The fourth-order valence-electron chi connectivity index (χ4n) is 1.41. The van der Waals surface area contributed by atoms with Crippen LogP contribution in [-0.4, -0.2) is 32.2 Å². The Kier molecular flexibility index (Phi) is 2.98. The lowest BCUT2D eigenvalue weighted by Crippen LogP contribution is -2.23. The summed E-state index contributed by atoms with van der Waals surface area (Å²) in [5.74, 6) is 0. The molecule has 0 aromatic heterocycles. The van der Waals surface area contributed by atoms with Crippen LogP contribution in [0.3, 0.4) is 0 Å². The summed E-state index contributed by atoms with van der Waals surface area (Å²) in [6, 6.07) is 0. The monoisotopic (exact) mass is 172 g/mol. The van der Waals surface area contributed by atoms with Crippen molar-refractivity contribution in [2.24, 2.45) is 0 Å². The predicted molar refractivity (Wildman–Crippen MR) is 43.9 cm³/mol. The van der Waals surface area contributed by atoms with Gasteiger partial charge >= 0.3 is 0 Å². The van der Waals surface area contributed by atoms with Crippen molar-refractivity contribution in [3.8, 4) is 0 Å². The number of ether oxygens (including phenoxy) is 3. The standard InChI is InChI=1S/C9H16O3/c1-2-5-10-9(3-1)11-6-4-8-7-12-8/h8-9H,1-7H2/t8-,9?/m1/s1. The molecule has 0 aromatic rings. The molecule has 0 amide bonds. The highest BCUT2D eigenvalue weighted by molar-refractivity contribution is 4.68. The van der Waals surface area contributed by atoms with E-state index >= 15 is 0 Å². The van der Waals surface area contributed by atoms with E-state index < -0.39 is 0 Å². The molecule has 2 atom stereocenters. The molecule has 0 N–H and O–H groups in total. The third kappa shape index (κ3) is 2.73. The predicted octanol–water partition coefficient (Wildman–Crippen LogP) is 1.32. The van der Waals surface area contributed by atoms with Crippen LogP contribution < -0.4 is 0 Å². The average Bonchev–Trinajstić information content (AvgIpc) is 2.90. The molecule has 12 heavy (non-hydrogen) atoms. The number of epoxide rings is 1. The van der Waals surface area contributed by atoms with E-state index in [1.54, 1.807) is 0 Å². The molecule has 0 aliphatic carbocycles. The van der Waals surface area contributed by atoms with Gasteiger partial charge < -0.3 is 14.2 Å². The molecule has 2 rings (SSSR count). The van der Waals surface area contributed by atoms with Gasteiger partial charge in [0, 0.05) is 6.61 Å². The van der Waals surface area contributed by atoms with Gasteiger partial charge in [0.1, 0.15) is 0 Å². The van der Waals surface area contributed by atoms with Gasteiger partial charge in [-0.05, 0) is 25.7 Å². The second-order valence-electron chi connectivity index (χ2n) is 3.41. The van der Waals surface area contributed by atoms with Crippen LogP contribution in [0.25, 0.3) is 0 Å². The highest BCUT2D eigenvalue weighted by atomic mass is 16.7. The fourth-order valence-corrected chi connectivity index (χ4v) is 1.41. The molecule has 2 aliphatic rings.